The van der Waals surface area contributed by atoms with Crippen LogP contribution in [0, 0.1) is 0 Å². The molecule has 5 nitrogen and oxygen atoms in total. The largest absolute Gasteiger partial charge is 0.464 e. The van der Waals surface area contributed by atoms with Gasteiger partial charge in [-0.15, -0.1) is 0 Å². The van der Waals surface area contributed by atoms with E-state index in [0.29, 0.717) is 5.69 Å². The van der Waals surface area contributed by atoms with Crippen molar-refractivity contribution in [2.45, 2.75) is 31.0 Å². The number of hydrogen-bond donors (Lipinski definition) is 2. The number of aromatic nitrogens is 1. The van der Waals surface area contributed by atoms with Crippen LogP contribution in [-0.4, -0.2) is 28.8 Å². The average Bonchev–Trinajstić information content (AvgIpc) is 2.89. The SMILES string of the molecule is CCCC[C@H](Br)C(=O)Nc1c(C(=O)OC)[nH]c2ccc(Br)cc12. The first kappa shape index (κ1) is 18.0. The smallest absolute Gasteiger partial charge is 0.356 e. The van der Waals surface area contributed by atoms with E-state index in [4.69, 9.17) is 4.74 Å². The fourth-order valence-corrected chi connectivity index (χ4v) is 3.06. The molecular weight excluding hydrogens is 428 g/mol. The van der Waals surface area contributed by atoms with E-state index in [2.05, 4.69) is 49.1 Å². The van der Waals surface area contributed by atoms with E-state index in [1.165, 1.54) is 7.11 Å². The van der Waals surface area contributed by atoms with Gasteiger partial charge in [0, 0.05) is 15.4 Å². The standard InChI is InChI=1S/C16H18Br2N2O3/c1-3-4-5-11(18)15(21)20-13-10-8-9(17)6-7-12(10)19-14(13)16(22)23-2/h6-8,11,19H,3-5H2,1-2H3,(H,20,21)/t11-/m0/s1. The molecule has 2 N–H and O–H groups in total. The predicted molar refractivity (Wildman–Crippen MR) is 98.2 cm³/mol. The van der Waals surface area contributed by atoms with E-state index in [1.54, 1.807) is 0 Å². The topological polar surface area (TPSA) is 71.2 Å². The van der Waals surface area contributed by atoms with Crippen LogP contribution in [-0.2, 0) is 9.53 Å². The second-order valence-corrected chi connectivity index (χ2v) is 7.18. The lowest BCUT2D eigenvalue weighted by atomic mass is 10.2. The monoisotopic (exact) mass is 444 g/mol. The van der Waals surface area contributed by atoms with Gasteiger partial charge in [0.1, 0.15) is 5.69 Å². The molecule has 0 aliphatic carbocycles. The molecule has 0 bridgehead atoms. The quantitative estimate of drug-likeness (QED) is 0.503. The molecule has 2 aromatic rings. The van der Waals surface area contributed by atoms with Crippen molar-refractivity contribution in [3.63, 3.8) is 0 Å². The van der Waals surface area contributed by atoms with Crippen LogP contribution in [0.5, 0.6) is 0 Å². The summed E-state index contributed by atoms with van der Waals surface area (Å²) in [4.78, 5) is 27.1. The van der Waals surface area contributed by atoms with Gasteiger partial charge in [-0.1, -0.05) is 51.6 Å². The van der Waals surface area contributed by atoms with Gasteiger partial charge in [-0.05, 0) is 24.6 Å². The van der Waals surface area contributed by atoms with E-state index in [0.717, 1.165) is 34.6 Å². The molecule has 0 radical (unpaired) electrons. The number of methoxy groups -OCH3 is 1. The van der Waals surface area contributed by atoms with Gasteiger partial charge >= 0.3 is 5.97 Å². The third-order valence-corrected chi connectivity index (χ3v) is 4.86. The van der Waals surface area contributed by atoms with E-state index in [9.17, 15) is 9.59 Å². The second kappa shape index (κ2) is 7.97. The van der Waals surface area contributed by atoms with Crippen LogP contribution in [0.25, 0.3) is 10.9 Å². The number of aromatic amines is 1. The summed E-state index contributed by atoms with van der Waals surface area (Å²) in [5, 5.41) is 3.60. The Morgan fingerprint density at radius 2 is 2.13 bits per heavy atom. The van der Waals surface area contributed by atoms with E-state index in [-0.39, 0.29) is 16.4 Å². The number of benzene rings is 1. The Balaban J connectivity index is 2.38. The van der Waals surface area contributed by atoms with Crippen LogP contribution in [0.15, 0.2) is 22.7 Å². The lowest BCUT2D eigenvalue weighted by molar-refractivity contribution is -0.115. The fraction of sp³-hybridized carbons (Fsp3) is 0.375. The zero-order valence-electron chi connectivity index (χ0n) is 12.9. The molecule has 0 fully saturated rings. The third kappa shape index (κ3) is 4.14. The number of fused-ring (bicyclic) bond motifs is 1. The number of nitrogens with one attached hydrogen (secondary N) is 2. The van der Waals surface area contributed by atoms with E-state index < -0.39 is 5.97 Å². The molecule has 1 heterocycles. The number of carbonyl (C=O) groups excluding carboxylic acids is 2. The Labute approximate surface area is 151 Å². The Morgan fingerprint density at radius 1 is 1.39 bits per heavy atom. The van der Waals surface area contributed by atoms with E-state index >= 15 is 0 Å². The number of alkyl halides is 1. The number of hydrogen-bond acceptors (Lipinski definition) is 3. The van der Waals surface area contributed by atoms with Gasteiger partial charge in [0.05, 0.1) is 17.6 Å². The molecule has 0 spiro atoms. The van der Waals surface area contributed by atoms with Gasteiger partial charge in [0.2, 0.25) is 5.91 Å². The van der Waals surface area contributed by atoms with Crippen molar-refractivity contribution in [1.82, 2.24) is 4.98 Å². The normalized spacial score (nSPS) is 12.2. The maximum Gasteiger partial charge on any atom is 0.356 e. The minimum atomic E-state index is -0.521. The lowest BCUT2D eigenvalue weighted by Crippen LogP contribution is -2.23. The molecule has 0 aliphatic heterocycles. The highest BCUT2D eigenvalue weighted by atomic mass is 79.9. The highest BCUT2D eigenvalue weighted by Crippen LogP contribution is 2.31. The minimum Gasteiger partial charge on any atom is -0.464 e. The second-order valence-electron chi connectivity index (χ2n) is 5.16. The summed E-state index contributed by atoms with van der Waals surface area (Å²) in [6, 6.07) is 5.55. The summed E-state index contributed by atoms with van der Waals surface area (Å²) >= 11 is 6.81. The Hall–Kier alpha value is -1.34. The molecular formula is C16H18Br2N2O3. The van der Waals surface area contributed by atoms with Gasteiger partial charge in [-0.25, -0.2) is 4.79 Å². The van der Waals surface area contributed by atoms with Crippen molar-refractivity contribution in [2.75, 3.05) is 12.4 Å². The number of amides is 1. The zero-order chi connectivity index (χ0) is 17.0. The number of halogens is 2. The Morgan fingerprint density at radius 3 is 2.78 bits per heavy atom. The van der Waals surface area contributed by atoms with Crippen molar-refractivity contribution in [3.05, 3.63) is 28.4 Å². The fourth-order valence-electron chi connectivity index (χ4n) is 2.27. The first-order valence-corrected chi connectivity index (χ1v) is 9.03. The molecule has 0 saturated carbocycles. The first-order chi connectivity index (χ1) is 11.0. The molecule has 1 amide bonds. The van der Waals surface area contributed by atoms with Crippen LogP contribution >= 0.6 is 31.9 Å². The number of anilines is 1. The first-order valence-electron chi connectivity index (χ1n) is 7.32. The summed E-state index contributed by atoms with van der Waals surface area (Å²) in [5.41, 5.74) is 1.44. The summed E-state index contributed by atoms with van der Waals surface area (Å²) < 4.78 is 5.66. The maximum absolute atomic E-state index is 12.4. The number of rotatable bonds is 6. The van der Waals surface area contributed by atoms with Gasteiger partial charge in [-0.2, -0.15) is 0 Å². The van der Waals surface area contributed by atoms with Crippen LogP contribution in [0.2, 0.25) is 0 Å². The molecule has 124 valence electrons. The zero-order valence-corrected chi connectivity index (χ0v) is 16.1. The van der Waals surface area contributed by atoms with Crippen molar-refractivity contribution < 1.29 is 14.3 Å². The van der Waals surface area contributed by atoms with Crippen LogP contribution in [0.4, 0.5) is 5.69 Å². The van der Waals surface area contributed by atoms with Crippen molar-refractivity contribution in [2.24, 2.45) is 0 Å². The number of ether oxygens (including phenoxy) is 1. The van der Waals surface area contributed by atoms with Gasteiger partial charge < -0.3 is 15.0 Å². The van der Waals surface area contributed by atoms with Gasteiger partial charge in [-0.3, -0.25) is 4.79 Å². The Kier molecular flexibility index (Phi) is 6.24. The number of carbonyl (C=O) groups is 2. The molecule has 0 aliphatic rings. The average molecular weight is 446 g/mol. The molecule has 1 aromatic carbocycles. The third-order valence-electron chi connectivity index (χ3n) is 3.49. The summed E-state index contributed by atoms with van der Waals surface area (Å²) in [6.07, 6.45) is 2.71. The Bertz CT molecular complexity index is 727. The molecule has 23 heavy (non-hydrogen) atoms. The van der Waals surface area contributed by atoms with Crippen molar-refractivity contribution in [3.8, 4) is 0 Å². The van der Waals surface area contributed by atoms with Gasteiger partial charge in [0.25, 0.3) is 0 Å². The molecule has 2 rings (SSSR count). The van der Waals surface area contributed by atoms with Crippen LogP contribution in [0.3, 0.4) is 0 Å². The minimum absolute atomic E-state index is 0.176. The van der Waals surface area contributed by atoms with Crippen molar-refractivity contribution in [1.29, 1.82) is 0 Å². The van der Waals surface area contributed by atoms with Gasteiger partial charge in [0.15, 0.2) is 0 Å². The maximum atomic E-state index is 12.4. The van der Waals surface area contributed by atoms with Crippen LogP contribution in [0.1, 0.15) is 36.7 Å². The molecule has 0 saturated heterocycles. The van der Waals surface area contributed by atoms with Crippen LogP contribution < -0.4 is 5.32 Å². The van der Waals surface area contributed by atoms with Crippen molar-refractivity contribution >= 4 is 60.3 Å². The highest BCUT2D eigenvalue weighted by Gasteiger charge is 2.23. The molecule has 1 aromatic heterocycles. The predicted octanol–water partition coefficient (Wildman–Crippen LogP) is 4.61. The number of H-pyrrole nitrogens is 1. The number of esters is 1. The highest BCUT2D eigenvalue weighted by molar-refractivity contribution is 9.10. The number of unbranched alkanes of at least 4 members (excludes halogenated alkanes) is 1. The molecule has 0 unspecified atom stereocenters. The van der Waals surface area contributed by atoms with E-state index in [1.807, 2.05) is 18.2 Å². The summed E-state index contributed by atoms with van der Waals surface area (Å²) in [5.74, 6) is -0.697. The molecule has 7 heteroatoms. The lowest BCUT2D eigenvalue weighted by Gasteiger charge is -2.11. The summed E-state index contributed by atoms with van der Waals surface area (Å²) in [6.45, 7) is 2.07. The molecule has 1 atom stereocenters. The summed E-state index contributed by atoms with van der Waals surface area (Å²) in [7, 11) is 1.31.